The van der Waals surface area contributed by atoms with E-state index in [9.17, 15) is 9.59 Å². The number of ether oxygens (including phenoxy) is 2. The number of benzene rings is 2. The van der Waals surface area contributed by atoms with Gasteiger partial charge in [-0.25, -0.2) is 0 Å². The minimum absolute atomic E-state index is 0.115. The zero-order valence-corrected chi connectivity index (χ0v) is 16.6. The van der Waals surface area contributed by atoms with Crippen molar-refractivity contribution in [2.24, 2.45) is 0 Å². The summed E-state index contributed by atoms with van der Waals surface area (Å²) >= 11 is 0. The van der Waals surface area contributed by atoms with Crippen LogP contribution < -0.4 is 14.8 Å². The van der Waals surface area contributed by atoms with Crippen LogP contribution in [-0.2, 0) is 17.9 Å². The van der Waals surface area contributed by atoms with Gasteiger partial charge in [-0.05, 0) is 36.6 Å². The van der Waals surface area contributed by atoms with Crippen molar-refractivity contribution >= 4 is 11.8 Å². The Morgan fingerprint density at radius 2 is 1.61 bits per heavy atom. The first kappa shape index (κ1) is 19.7. The number of nitrogens with zero attached hydrogens (tertiary/aromatic N) is 1. The van der Waals surface area contributed by atoms with Crippen LogP contribution in [0, 0.1) is 6.92 Å². The molecular weight excluding hydrogens is 356 g/mol. The summed E-state index contributed by atoms with van der Waals surface area (Å²) in [5, 5.41) is 2.86. The van der Waals surface area contributed by atoms with E-state index in [4.69, 9.17) is 9.47 Å². The van der Waals surface area contributed by atoms with E-state index in [0.717, 1.165) is 5.56 Å². The Morgan fingerprint density at radius 3 is 2.14 bits per heavy atom. The molecule has 0 saturated carbocycles. The highest BCUT2D eigenvalue weighted by Gasteiger charge is 2.22. The first-order chi connectivity index (χ1) is 13.5. The van der Waals surface area contributed by atoms with Gasteiger partial charge in [-0.2, -0.15) is 0 Å². The molecule has 0 radical (unpaired) electrons. The number of carbonyl (C=O) groups is 2. The molecule has 0 atom stereocenters. The third kappa shape index (κ3) is 4.27. The Labute approximate surface area is 165 Å². The van der Waals surface area contributed by atoms with Gasteiger partial charge in [0.25, 0.3) is 5.91 Å². The Bertz CT molecular complexity index is 829. The molecule has 0 unspecified atom stereocenters. The first-order valence-corrected chi connectivity index (χ1v) is 9.39. The van der Waals surface area contributed by atoms with Gasteiger partial charge in [0.05, 0.1) is 14.2 Å². The van der Waals surface area contributed by atoms with Crippen LogP contribution in [0.15, 0.2) is 36.4 Å². The minimum Gasteiger partial charge on any atom is -0.496 e. The molecule has 6 nitrogen and oxygen atoms in total. The van der Waals surface area contributed by atoms with Crippen LogP contribution >= 0.6 is 0 Å². The van der Waals surface area contributed by atoms with Crippen molar-refractivity contribution in [3.8, 4) is 11.5 Å². The topological polar surface area (TPSA) is 67.9 Å². The van der Waals surface area contributed by atoms with Crippen molar-refractivity contribution in [3.63, 3.8) is 0 Å². The van der Waals surface area contributed by atoms with Crippen molar-refractivity contribution < 1.29 is 19.1 Å². The maximum Gasteiger partial charge on any atom is 0.251 e. The summed E-state index contributed by atoms with van der Waals surface area (Å²) in [4.78, 5) is 26.7. The van der Waals surface area contributed by atoms with Crippen molar-refractivity contribution in [3.05, 3.63) is 58.7 Å². The van der Waals surface area contributed by atoms with Crippen LogP contribution in [0.5, 0.6) is 11.5 Å². The molecule has 1 heterocycles. The summed E-state index contributed by atoms with van der Waals surface area (Å²) < 4.78 is 10.6. The maximum atomic E-state index is 12.4. The second-order valence-electron chi connectivity index (χ2n) is 6.88. The van der Waals surface area contributed by atoms with Gasteiger partial charge in [0, 0.05) is 37.2 Å². The van der Waals surface area contributed by atoms with Gasteiger partial charge in [0.15, 0.2) is 0 Å². The lowest BCUT2D eigenvalue weighted by molar-refractivity contribution is -0.131. The summed E-state index contributed by atoms with van der Waals surface area (Å²) in [6, 6.07) is 11.5. The number of hydrogen-bond donors (Lipinski definition) is 1. The Balaban J connectivity index is 1.48. The van der Waals surface area contributed by atoms with E-state index in [1.165, 1.54) is 11.1 Å². The van der Waals surface area contributed by atoms with Gasteiger partial charge in [0.2, 0.25) is 5.91 Å². The normalized spacial score (nSPS) is 12.5. The fraction of sp³-hybridized carbons (Fsp3) is 0.364. The van der Waals surface area contributed by atoms with E-state index in [1.807, 2.05) is 24.0 Å². The van der Waals surface area contributed by atoms with Gasteiger partial charge < -0.3 is 19.7 Å². The second-order valence-corrected chi connectivity index (χ2v) is 6.88. The number of rotatable bonds is 7. The van der Waals surface area contributed by atoms with Gasteiger partial charge in [-0.1, -0.05) is 24.3 Å². The zero-order valence-electron chi connectivity index (χ0n) is 16.6. The lowest BCUT2D eigenvalue weighted by atomic mass is 10.1. The third-order valence-corrected chi connectivity index (χ3v) is 5.06. The molecular formula is C22H26N2O4. The fourth-order valence-corrected chi connectivity index (χ4v) is 3.43. The summed E-state index contributed by atoms with van der Waals surface area (Å²) in [7, 11) is 3.12. The SMILES string of the molecule is COc1cc(C(=O)NCCCC(=O)N2Cc3ccccc3C2)cc(OC)c1C. The number of methoxy groups -OCH3 is 2. The Morgan fingerprint density at radius 1 is 1.04 bits per heavy atom. The molecule has 1 aliphatic rings. The highest BCUT2D eigenvalue weighted by molar-refractivity contribution is 5.95. The monoisotopic (exact) mass is 382 g/mol. The molecule has 1 N–H and O–H groups in total. The van der Waals surface area contributed by atoms with E-state index >= 15 is 0 Å². The smallest absolute Gasteiger partial charge is 0.251 e. The van der Waals surface area contributed by atoms with Gasteiger partial charge in [0.1, 0.15) is 11.5 Å². The molecule has 2 aromatic carbocycles. The van der Waals surface area contributed by atoms with Crippen LogP contribution in [0.4, 0.5) is 0 Å². The average Bonchev–Trinajstić information content (AvgIpc) is 3.15. The lowest BCUT2D eigenvalue weighted by Crippen LogP contribution is -2.28. The highest BCUT2D eigenvalue weighted by Crippen LogP contribution is 2.29. The van der Waals surface area contributed by atoms with Crippen molar-refractivity contribution in [2.45, 2.75) is 32.9 Å². The van der Waals surface area contributed by atoms with E-state index in [2.05, 4.69) is 17.4 Å². The predicted octanol–water partition coefficient (Wildman–Crippen LogP) is 3.06. The molecule has 0 bridgehead atoms. The standard InChI is InChI=1S/C22H26N2O4/c1-15-19(27-2)11-18(12-20(15)28-3)22(26)23-10-6-9-21(25)24-13-16-7-4-5-8-17(16)14-24/h4-5,7-8,11-12H,6,9-10,13-14H2,1-3H3,(H,23,26). The molecule has 0 fully saturated rings. The van der Waals surface area contributed by atoms with Crippen LogP contribution in [-0.4, -0.2) is 37.5 Å². The number of hydrogen-bond acceptors (Lipinski definition) is 4. The molecule has 6 heteroatoms. The highest BCUT2D eigenvalue weighted by atomic mass is 16.5. The van der Waals surface area contributed by atoms with E-state index in [0.29, 0.717) is 49.5 Å². The van der Waals surface area contributed by atoms with Crippen molar-refractivity contribution in [1.82, 2.24) is 10.2 Å². The molecule has 0 spiro atoms. The average molecular weight is 382 g/mol. The molecule has 148 valence electrons. The molecule has 28 heavy (non-hydrogen) atoms. The van der Waals surface area contributed by atoms with Gasteiger partial charge in [-0.15, -0.1) is 0 Å². The van der Waals surface area contributed by atoms with E-state index < -0.39 is 0 Å². The molecule has 0 aromatic heterocycles. The fourth-order valence-electron chi connectivity index (χ4n) is 3.43. The number of nitrogens with one attached hydrogen (secondary N) is 1. The largest absolute Gasteiger partial charge is 0.496 e. The molecule has 0 aliphatic carbocycles. The molecule has 0 saturated heterocycles. The molecule has 1 aliphatic heterocycles. The summed E-state index contributed by atoms with van der Waals surface area (Å²) in [6.07, 6.45) is 1.01. The third-order valence-electron chi connectivity index (χ3n) is 5.06. The van der Waals surface area contributed by atoms with Gasteiger partial charge in [-0.3, -0.25) is 9.59 Å². The molecule has 3 rings (SSSR count). The summed E-state index contributed by atoms with van der Waals surface area (Å²) in [5.41, 5.74) is 3.75. The lowest BCUT2D eigenvalue weighted by Gasteiger charge is -2.15. The predicted molar refractivity (Wildman–Crippen MR) is 107 cm³/mol. The summed E-state index contributed by atoms with van der Waals surface area (Å²) in [6.45, 7) is 3.65. The number of fused-ring (bicyclic) bond motifs is 1. The first-order valence-electron chi connectivity index (χ1n) is 9.39. The van der Waals surface area contributed by atoms with Gasteiger partial charge >= 0.3 is 0 Å². The van der Waals surface area contributed by atoms with Crippen molar-refractivity contribution in [2.75, 3.05) is 20.8 Å². The quantitative estimate of drug-likeness (QED) is 0.748. The van der Waals surface area contributed by atoms with E-state index in [-0.39, 0.29) is 11.8 Å². The molecule has 2 aromatic rings. The van der Waals surface area contributed by atoms with E-state index in [1.54, 1.807) is 26.4 Å². The Kier molecular flexibility index (Phi) is 6.19. The second kappa shape index (κ2) is 8.78. The Hall–Kier alpha value is -3.02. The molecule has 2 amide bonds. The van der Waals surface area contributed by atoms with Crippen LogP contribution in [0.3, 0.4) is 0 Å². The van der Waals surface area contributed by atoms with Crippen molar-refractivity contribution in [1.29, 1.82) is 0 Å². The number of amides is 2. The number of carbonyl (C=O) groups excluding carboxylic acids is 2. The summed E-state index contributed by atoms with van der Waals surface area (Å²) in [5.74, 6) is 1.11. The van der Waals surface area contributed by atoms with Crippen LogP contribution in [0.25, 0.3) is 0 Å². The van der Waals surface area contributed by atoms with Crippen LogP contribution in [0.1, 0.15) is 39.9 Å². The minimum atomic E-state index is -0.211. The van der Waals surface area contributed by atoms with Crippen LogP contribution in [0.2, 0.25) is 0 Å². The maximum absolute atomic E-state index is 12.4. The zero-order chi connectivity index (χ0) is 20.1.